The number of benzene rings is 1. The molecule has 0 radical (unpaired) electrons. The van der Waals surface area contributed by atoms with Gasteiger partial charge in [-0.1, -0.05) is 18.2 Å². The number of fused-ring (bicyclic) bond motifs is 1. The highest BCUT2D eigenvalue weighted by molar-refractivity contribution is 7.99. The highest BCUT2D eigenvalue weighted by Gasteiger charge is 2.08. The number of aromatic carboxylic acids is 1. The monoisotopic (exact) mass is 271 g/mol. The van der Waals surface area contributed by atoms with Crippen LogP contribution < -0.4 is 0 Å². The second-order valence-corrected chi connectivity index (χ2v) is 4.86. The zero-order valence-electron chi connectivity index (χ0n) is 9.70. The van der Waals surface area contributed by atoms with Gasteiger partial charge in [0.05, 0.1) is 5.03 Å². The van der Waals surface area contributed by atoms with Crippen molar-refractivity contribution in [3.63, 3.8) is 0 Å². The maximum atomic E-state index is 10.8. The van der Waals surface area contributed by atoms with Crippen LogP contribution in [0.15, 0.2) is 52.8 Å². The molecule has 2 N–H and O–H groups in total. The summed E-state index contributed by atoms with van der Waals surface area (Å²) in [4.78, 5) is 22.1. The molecule has 0 saturated carbocycles. The molecule has 5 nitrogen and oxygen atoms in total. The minimum absolute atomic E-state index is 0.00592. The summed E-state index contributed by atoms with van der Waals surface area (Å²) < 4.78 is 0. The predicted molar refractivity (Wildman–Crippen MR) is 71.4 cm³/mol. The zero-order valence-corrected chi connectivity index (χ0v) is 10.5. The van der Waals surface area contributed by atoms with Gasteiger partial charge in [-0.3, -0.25) is 0 Å². The van der Waals surface area contributed by atoms with Crippen molar-refractivity contribution < 1.29 is 9.90 Å². The molecule has 2 heterocycles. The van der Waals surface area contributed by atoms with E-state index in [1.807, 2.05) is 30.3 Å². The molecule has 0 unspecified atom stereocenters. The third kappa shape index (κ3) is 2.43. The van der Waals surface area contributed by atoms with Crippen LogP contribution in [-0.2, 0) is 0 Å². The summed E-state index contributed by atoms with van der Waals surface area (Å²) in [6.07, 6.45) is 1.45. The van der Waals surface area contributed by atoms with Gasteiger partial charge in [-0.15, -0.1) is 0 Å². The quantitative estimate of drug-likeness (QED) is 0.716. The number of H-pyrrole nitrogens is 1. The van der Waals surface area contributed by atoms with Gasteiger partial charge in [0.1, 0.15) is 0 Å². The third-order valence-corrected chi connectivity index (χ3v) is 3.38. The van der Waals surface area contributed by atoms with Crippen molar-refractivity contribution in [2.45, 2.75) is 10.2 Å². The summed E-state index contributed by atoms with van der Waals surface area (Å²) >= 11 is 1.30. The van der Waals surface area contributed by atoms with Crippen LogP contribution in [0, 0.1) is 0 Å². The summed E-state index contributed by atoms with van der Waals surface area (Å²) in [6.45, 7) is 0. The topological polar surface area (TPSA) is 78.9 Å². The number of carbonyl (C=O) groups is 1. The number of nitrogens with one attached hydrogen (secondary N) is 1. The number of aromatic amines is 1. The fourth-order valence-electron chi connectivity index (χ4n) is 1.71. The van der Waals surface area contributed by atoms with Crippen LogP contribution in [-0.4, -0.2) is 26.0 Å². The van der Waals surface area contributed by atoms with Crippen molar-refractivity contribution in [1.82, 2.24) is 15.0 Å². The van der Waals surface area contributed by atoms with Gasteiger partial charge >= 0.3 is 5.97 Å². The van der Waals surface area contributed by atoms with Crippen molar-refractivity contribution >= 4 is 28.6 Å². The van der Waals surface area contributed by atoms with E-state index in [1.165, 1.54) is 24.0 Å². The number of carboxylic acid groups (broad SMARTS) is 1. The third-order valence-electron chi connectivity index (χ3n) is 2.56. The van der Waals surface area contributed by atoms with Gasteiger partial charge < -0.3 is 10.1 Å². The van der Waals surface area contributed by atoms with E-state index >= 15 is 0 Å². The molecule has 0 aliphatic heterocycles. The Kier molecular flexibility index (Phi) is 2.92. The Morgan fingerprint density at radius 3 is 2.89 bits per heavy atom. The Bertz CT molecular complexity index is 721. The molecular weight excluding hydrogens is 262 g/mol. The molecule has 19 heavy (non-hydrogen) atoms. The zero-order chi connectivity index (χ0) is 13.2. The molecule has 2 aromatic heterocycles. The summed E-state index contributed by atoms with van der Waals surface area (Å²) in [5.74, 6) is -1.05. The Balaban J connectivity index is 1.92. The Morgan fingerprint density at radius 1 is 1.26 bits per heavy atom. The number of hydrogen-bond acceptors (Lipinski definition) is 4. The fraction of sp³-hybridized carbons (Fsp3) is 0. The molecule has 0 saturated heterocycles. The average molecular weight is 271 g/mol. The highest BCUT2D eigenvalue weighted by atomic mass is 32.2. The van der Waals surface area contributed by atoms with Crippen LogP contribution in [0.1, 0.15) is 10.5 Å². The number of rotatable bonds is 3. The Labute approximate surface area is 112 Å². The standard InChI is InChI=1S/C13H9N3O2S/c17-12(18)10-5-6-14-13(16-10)19-11-7-8-3-1-2-4-9(8)15-11/h1-7,15H,(H,17,18). The van der Waals surface area contributed by atoms with Gasteiger partial charge in [0.25, 0.3) is 0 Å². The van der Waals surface area contributed by atoms with Crippen LogP contribution in [0.3, 0.4) is 0 Å². The summed E-state index contributed by atoms with van der Waals surface area (Å²) in [7, 11) is 0. The van der Waals surface area contributed by atoms with Gasteiger partial charge in [0, 0.05) is 17.1 Å². The van der Waals surface area contributed by atoms with Crippen molar-refractivity contribution in [3.05, 3.63) is 48.3 Å². The lowest BCUT2D eigenvalue weighted by atomic mass is 10.3. The van der Waals surface area contributed by atoms with Crippen molar-refractivity contribution in [3.8, 4) is 0 Å². The minimum Gasteiger partial charge on any atom is -0.477 e. The second kappa shape index (κ2) is 4.74. The van der Waals surface area contributed by atoms with Gasteiger partial charge in [0.2, 0.25) is 0 Å². The molecule has 0 atom stereocenters. The average Bonchev–Trinajstić information content (AvgIpc) is 2.81. The van der Waals surface area contributed by atoms with E-state index < -0.39 is 5.97 Å². The van der Waals surface area contributed by atoms with Crippen molar-refractivity contribution in [2.75, 3.05) is 0 Å². The van der Waals surface area contributed by atoms with E-state index in [-0.39, 0.29) is 5.69 Å². The van der Waals surface area contributed by atoms with Gasteiger partial charge in [-0.05, 0) is 30.0 Å². The lowest BCUT2D eigenvalue weighted by Gasteiger charge is -1.98. The van der Waals surface area contributed by atoms with Gasteiger partial charge in [0.15, 0.2) is 10.9 Å². The molecule has 3 rings (SSSR count). The van der Waals surface area contributed by atoms with E-state index in [4.69, 9.17) is 5.11 Å². The van der Waals surface area contributed by atoms with E-state index in [0.29, 0.717) is 5.16 Å². The van der Waals surface area contributed by atoms with Crippen LogP contribution >= 0.6 is 11.8 Å². The molecule has 0 aliphatic carbocycles. The lowest BCUT2D eigenvalue weighted by Crippen LogP contribution is -2.01. The molecular formula is C13H9N3O2S. The minimum atomic E-state index is -1.05. The van der Waals surface area contributed by atoms with Crippen LogP contribution in [0.5, 0.6) is 0 Å². The molecule has 3 aromatic rings. The number of nitrogens with zero attached hydrogens (tertiary/aromatic N) is 2. The van der Waals surface area contributed by atoms with E-state index in [2.05, 4.69) is 15.0 Å². The first kappa shape index (κ1) is 11.7. The predicted octanol–water partition coefficient (Wildman–Crippen LogP) is 2.81. The molecule has 0 bridgehead atoms. The van der Waals surface area contributed by atoms with Crippen molar-refractivity contribution in [1.29, 1.82) is 0 Å². The molecule has 0 spiro atoms. The highest BCUT2D eigenvalue weighted by Crippen LogP contribution is 2.27. The molecule has 1 aromatic carbocycles. The SMILES string of the molecule is O=C(O)c1ccnc(Sc2cc3ccccc3[nH]2)n1. The lowest BCUT2D eigenvalue weighted by molar-refractivity contribution is 0.0689. The maximum Gasteiger partial charge on any atom is 0.354 e. The van der Waals surface area contributed by atoms with Crippen LogP contribution in [0.2, 0.25) is 0 Å². The molecule has 0 amide bonds. The first-order valence-corrected chi connectivity index (χ1v) is 6.36. The van der Waals surface area contributed by atoms with E-state index in [9.17, 15) is 4.79 Å². The summed E-state index contributed by atoms with van der Waals surface area (Å²) in [6, 6.07) is 11.3. The number of carboxylic acids is 1. The second-order valence-electron chi connectivity index (χ2n) is 3.85. The van der Waals surface area contributed by atoms with Crippen LogP contribution in [0.25, 0.3) is 10.9 Å². The fourth-order valence-corrected chi connectivity index (χ4v) is 2.51. The first-order valence-electron chi connectivity index (χ1n) is 5.54. The van der Waals surface area contributed by atoms with Crippen molar-refractivity contribution in [2.24, 2.45) is 0 Å². The van der Waals surface area contributed by atoms with Gasteiger partial charge in [-0.2, -0.15) is 0 Å². The first-order chi connectivity index (χ1) is 9.22. The molecule has 0 aliphatic rings. The van der Waals surface area contributed by atoms with Gasteiger partial charge in [-0.25, -0.2) is 14.8 Å². The summed E-state index contributed by atoms with van der Waals surface area (Å²) in [5.41, 5.74) is 1.02. The van der Waals surface area contributed by atoms with E-state index in [1.54, 1.807) is 0 Å². The Morgan fingerprint density at radius 2 is 2.11 bits per heavy atom. The maximum absolute atomic E-state index is 10.8. The largest absolute Gasteiger partial charge is 0.477 e. The van der Waals surface area contributed by atoms with Crippen LogP contribution in [0.4, 0.5) is 0 Å². The number of hydrogen-bond donors (Lipinski definition) is 2. The smallest absolute Gasteiger partial charge is 0.354 e. The molecule has 94 valence electrons. The number of para-hydroxylation sites is 1. The molecule has 0 fully saturated rings. The van der Waals surface area contributed by atoms with E-state index in [0.717, 1.165) is 15.9 Å². The normalized spacial score (nSPS) is 10.7. The number of aromatic nitrogens is 3. The Hall–Kier alpha value is -2.34. The molecule has 6 heteroatoms. The summed E-state index contributed by atoms with van der Waals surface area (Å²) in [5, 5.41) is 11.3.